The molecule has 0 amide bonds. The van der Waals surface area contributed by atoms with Gasteiger partial charge in [-0.25, -0.2) is 4.98 Å². The van der Waals surface area contributed by atoms with Gasteiger partial charge in [-0.05, 0) is 6.92 Å². The highest BCUT2D eigenvalue weighted by molar-refractivity contribution is 6.29. The molecular formula is C6H5ClN2O3. The SMILES string of the molecule is Cc1nc(Cl)cc(O)c1[N+](=O)[O-]. The average Bonchev–Trinajstić information content (AvgIpc) is 1.82. The summed E-state index contributed by atoms with van der Waals surface area (Å²) in [5, 5.41) is 19.4. The predicted molar refractivity (Wildman–Crippen MR) is 42.3 cm³/mol. The highest BCUT2D eigenvalue weighted by atomic mass is 35.5. The van der Waals surface area contributed by atoms with Crippen molar-refractivity contribution < 1.29 is 10.0 Å². The van der Waals surface area contributed by atoms with E-state index in [9.17, 15) is 10.1 Å². The Kier molecular flexibility index (Phi) is 2.14. The van der Waals surface area contributed by atoms with Crippen molar-refractivity contribution in [1.82, 2.24) is 4.98 Å². The van der Waals surface area contributed by atoms with Gasteiger partial charge in [-0.1, -0.05) is 11.6 Å². The lowest BCUT2D eigenvalue weighted by Crippen LogP contribution is -1.94. The van der Waals surface area contributed by atoms with Crippen LogP contribution >= 0.6 is 11.6 Å². The van der Waals surface area contributed by atoms with Crippen molar-refractivity contribution in [2.24, 2.45) is 0 Å². The molecule has 1 aromatic rings. The first-order valence-corrected chi connectivity index (χ1v) is 3.40. The van der Waals surface area contributed by atoms with E-state index in [0.717, 1.165) is 6.07 Å². The van der Waals surface area contributed by atoms with Crippen LogP contribution in [0.1, 0.15) is 5.69 Å². The molecule has 0 aliphatic carbocycles. The zero-order valence-electron chi connectivity index (χ0n) is 6.11. The normalized spacial score (nSPS) is 9.83. The highest BCUT2D eigenvalue weighted by Crippen LogP contribution is 2.29. The van der Waals surface area contributed by atoms with Crippen LogP contribution in [0.25, 0.3) is 0 Å². The van der Waals surface area contributed by atoms with E-state index in [4.69, 9.17) is 16.7 Å². The van der Waals surface area contributed by atoms with Crippen molar-refractivity contribution in [3.8, 4) is 5.75 Å². The lowest BCUT2D eigenvalue weighted by Gasteiger charge is -1.98. The Bertz CT molecular complexity index is 317. The van der Waals surface area contributed by atoms with Crippen molar-refractivity contribution in [2.45, 2.75) is 6.92 Å². The standard InChI is InChI=1S/C6H5ClN2O3/c1-3-6(9(11)12)4(10)2-5(7)8-3/h2H,1H3,(H,8,10). The van der Waals surface area contributed by atoms with E-state index in [0.29, 0.717) is 0 Å². The minimum absolute atomic E-state index is 0.0376. The molecule has 0 aliphatic rings. The van der Waals surface area contributed by atoms with Gasteiger partial charge in [0.25, 0.3) is 0 Å². The molecule has 0 aliphatic heterocycles. The summed E-state index contributed by atoms with van der Waals surface area (Å²) in [6.07, 6.45) is 0. The quantitative estimate of drug-likeness (QED) is 0.413. The van der Waals surface area contributed by atoms with Crippen LogP contribution in [-0.4, -0.2) is 15.0 Å². The second kappa shape index (κ2) is 2.94. The Morgan fingerprint density at radius 2 is 2.33 bits per heavy atom. The van der Waals surface area contributed by atoms with Crippen LogP contribution in [0.3, 0.4) is 0 Å². The molecule has 64 valence electrons. The van der Waals surface area contributed by atoms with Crippen molar-refractivity contribution in [2.75, 3.05) is 0 Å². The topological polar surface area (TPSA) is 76.3 Å². The average molecular weight is 189 g/mol. The van der Waals surface area contributed by atoms with Crippen LogP contribution in [0, 0.1) is 17.0 Å². The van der Waals surface area contributed by atoms with Crippen LogP contribution in [0.5, 0.6) is 5.75 Å². The highest BCUT2D eigenvalue weighted by Gasteiger charge is 2.18. The molecule has 1 aromatic heterocycles. The first-order chi connectivity index (χ1) is 5.52. The van der Waals surface area contributed by atoms with E-state index in [-0.39, 0.29) is 10.8 Å². The number of rotatable bonds is 1. The number of aromatic nitrogens is 1. The van der Waals surface area contributed by atoms with E-state index in [2.05, 4.69) is 4.98 Å². The van der Waals surface area contributed by atoms with Crippen LogP contribution in [-0.2, 0) is 0 Å². The molecule has 0 fully saturated rings. The number of nitrogens with zero attached hydrogens (tertiary/aromatic N) is 2. The fourth-order valence-corrected chi connectivity index (χ4v) is 1.07. The second-order valence-electron chi connectivity index (χ2n) is 2.16. The largest absolute Gasteiger partial charge is 0.502 e. The van der Waals surface area contributed by atoms with Crippen molar-refractivity contribution in [3.63, 3.8) is 0 Å². The molecule has 12 heavy (non-hydrogen) atoms. The molecule has 0 spiro atoms. The lowest BCUT2D eigenvalue weighted by molar-refractivity contribution is -0.386. The third-order valence-corrected chi connectivity index (χ3v) is 1.49. The van der Waals surface area contributed by atoms with Crippen LogP contribution in [0.15, 0.2) is 6.07 Å². The maximum atomic E-state index is 10.3. The Hall–Kier alpha value is -1.36. The summed E-state index contributed by atoms with van der Waals surface area (Å²) >= 11 is 5.43. The van der Waals surface area contributed by atoms with Crippen LogP contribution in [0.4, 0.5) is 5.69 Å². The molecular weight excluding hydrogens is 184 g/mol. The maximum Gasteiger partial charge on any atom is 0.331 e. The number of halogens is 1. The Morgan fingerprint density at radius 3 is 2.75 bits per heavy atom. The van der Waals surface area contributed by atoms with Gasteiger partial charge in [0, 0.05) is 6.07 Å². The zero-order valence-corrected chi connectivity index (χ0v) is 6.87. The molecule has 0 atom stereocenters. The molecule has 1 N–H and O–H groups in total. The summed E-state index contributed by atoms with van der Waals surface area (Å²) in [6, 6.07) is 1.03. The fourth-order valence-electron chi connectivity index (χ4n) is 0.838. The summed E-state index contributed by atoms with van der Waals surface area (Å²) in [5.41, 5.74) is -0.301. The Balaban J connectivity index is 3.38. The molecule has 0 aromatic carbocycles. The van der Waals surface area contributed by atoms with E-state index in [1.54, 1.807) is 0 Å². The Labute approximate surface area is 72.8 Å². The summed E-state index contributed by atoms with van der Waals surface area (Å²) in [4.78, 5) is 13.2. The van der Waals surface area contributed by atoms with Crippen LogP contribution < -0.4 is 0 Å². The lowest BCUT2D eigenvalue weighted by atomic mass is 10.3. The third kappa shape index (κ3) is 1.45. The van der Waals surface area contributed by atoms with Gasteiger partial charge in [-0.2, -0.15) is 0 Å². The van der Waals surface area contributed by atoms with Gasteiger partial charge in [0.1, 0.15) is 10.8 Å². The van der Waals surface area contributed by atoms with Crippen LogP contribution in [0.2, 0.25) is 5.15 Å². The third-order valence-electron chi connectivity index (χ3n) is 1.30. The number of aryl methyl sites for hydroxylation is 1. The molecule has 0 saturated heterocycles. The van der Waals surface area contributed by atoms with E-state index >= 15 is 0 Å². The molecule has 0 unspecified atom stereocenters. The van der Waals surface area contributed by atoms with Crippen molar-refractivity contribution in [3.05, 3.63) is 27.0 Å². The summed E-state index contributed by atoms with van der Waals surface area (Å²) in [5.74, 6) is -0.461. The number of hydrogen-bond donors (Lipinski definition) is 1. The number of hydrogen-bond acceptors (Lipinski definition) is 4. The summed E-state index contributed by atoms with van der Waals surface area (Å²) in [7, 11) is 0. The van der Waals surface area contributed by atoms with Gasteiger partial charge in [-0.15, -0.1) is 0 Å². The molecule has 1 rings (SSSR count). The Morgan fingerprint density at radius 1 is 1.75 bits per heavy atom. The zero-order chi connectivity index (χ0) is 9.30. The molecule has 0 bridgehead atoms. The van der Waals surface area contributed by atoms with Crippen molar-refractivity contribution in [1.29, 1.82) is 0 Å². The maximum absolute atomic E-state index is 10.3. The smallest absolute Gasteiger partial charge is 0.331 e. The van der Waals surface area contributed by atoms with Crippen molar-refractivity contribution >= 4 is 17.3 Å². The minimum atomic E-state index is -0.700. The summed E-state index contributed by atoms with van der Waals surface area (Å²) < 4.78 is 0. The first-order valence-electron chi connectivity index (χ1n) is 3.03. The van der Waals surface area contributed by atoms with E-state index in [1.165, 1.54) is 6.92 Å². The van der Waals surface area contributed by atoms with Gasteiger partial charge in [0.15, 0.2) is 5.75 Å². The molecule has 1 heterocycles. The monoisotopic (exact) mass is 188 g/mol. The molecule has 6 heteroatoms. The molecule has 5 nitrogen and oxygen atoms in total. The number of pyridine rings is 1. The molecule has 0 saturated carbocycles. The van der Waals surface area contributed by atoms with Gasteiger partial charge in [0.2, 0.25) is 0 Å². The van der Waals surface area contributed by atoms with Gasteiger partial charge < -0.3 is 5.11 Å². The van der Waals surface area contributed by atoms with E-state index < -0.39 is 16.4 Å². The van der Waals surface area contributed by atoms with E-state index in [1.807, 2.05) is 0 Å². The van der Waals surface area contributed by atoms with Gasteiger partial charge >= 0.3 is 5.69 Å². The first kappa shape index (κ1) is 8.73. The fraction of sp³-hybridized carbons (Fsp3) is 0.167. The number of nitro groups is 1. The van der Waals surface area contributed by atoms with Gasteiger partial charge in [0.05, 0.1) is 4.92 Å². The number of aromatic hydroxyl groups is 1. The molecule has 0 radical (unpaired) electrons. The predicted octanol–water partition coefficient (Wildman–Crippen LogP) is 1.66. The minimum Gasteiger partial charge on any atom is -0.502 e. The second-order valence-corrected chi connectivity index (χ2v) is 2.54. The van der Waals surface area contributed by atoms with Gasteiger partial charge in [-0.3, -0.25) is 10.1 Å². The summed E-state index contributed by atoms with van der Waals surface area (Å²) in [6.45, 7) is 1.41.